The van der Waals surface area contributed by atoms with Gasteiger partial charge in [-0.1, -0.05) is 29.8 Å². The molecule has 0 bridgehead atoms. The number of hydrogen-bond donors (Lipinski definition) is 1. The summed E-state index contributed by atoms with van der Waals surface area (Å²) < 4.78 is 15.9. The molecule has 1 aromatic heterocycles. The van der Waals surface area contributed by atoms with Crippen molar-refractivity contribution in [2.75, 3.05) is 14.2 Å². The Morgan fingerprint density at radius 3 is 2.56 bits per heavy atom. The van der Waals surface area contributed by atoms with Gasteiger partial charge in [-0.25, -0.2) is 0 Å². The number of carbonyl (C=O) groups is 1. The van der Waals surface area contributed by atoms with Crippen LogP contribution in [0.25, 0.3) is 17.0 Å². The van der Waals surface area contributed by atoms with Crippen LogP contribution in [0.3, 0.4) is 0 Å². The van der Waals surface area contributed by atoms with Gasteiger partial charge in [0.1, 0.15) is 11.3 Å². The Balaban J connectivity index is 2.12. The molecule has 0 unspecified atom stereocenters. The molecule has 128 valence electrons. The molecule has 0 aliphatic carbocycles. The van der Waals surface area contributed by atoms with Crippen LogP contribution >= 0.6 is 11.6 Å². The third-order valence-electron chi connectivity index (χ3n) is 3.77. The van der Waals surface area contributed by atoms with Crippen molar-refractivity contribution in [3.63, 3.8) is 0 Å². The van der Waals surface area contributed by atoms with Crippen molar-refractivity contribution in [2.45, 2.75) is 0 Å². The molecule has 25 heavy (non-hydrogen) atoms. The van der Waals surface area contributed by atoms with Gasteiger partial charge in [-0.2, -0.15) is 0 Å². The normalized spacial score (nSPS) is 11.2. The van der Waals surface area contributed by atoms with Crippen molar-refractivity contribution in [3.05, 3.63) is 58.8 Å². The van der Waals surface area contributed by atoms with Crippen LogP contribution in [0.15, 0.2) is 47.1 Å². The van der Waals surface area contributed by atoms with Crippen LogP contribution in [0.5, 0.6) is 17.2 Å². The second-order valence-electron chi connectivity index (χ2n) is 5.17. The van der Waals surface area contributed by atoms with E-state index in [9.17, 15) is 9.90 Å². The lowest BCUT2D eigenvalue weighted by Gasteiger charge is -2.13. The highest BCUT2D eigenvalue weighted by atomic mass is 35.5. The summed E-state index contributed by atoms with van der Waals surface area (Å²) >= 11 is 6.09. The van der Waals surface area contributed by atoms with E-state index in [1.165, 1.54) is 26.6 Å². The van der Waals surface area contributed by atoms with Gasteiger partial charge in [0, 0.05) is 5.02 Å². The van der Waals surface area contributed by atoms with E-state index in [0.29, 0.717) is 21.6 Å². The molecule has 0 saturated heterocycles. The predicted molar refractivity (Wildman–Crippen MR) is 95.8 cm³/mol. The fourth-order valence-corrected chi connectivity index (χ4v) is 2.81. The van der Waals surface area contributed by atoms with E-state index >= 15 is 0 Å². The highest BCUT2D eigenvalue weighted by molar-refractivity contribution is 6.32. The number of furan rings is 1. The molecule has 5 nitrogen and oxygen atoms in total. The Labute approximate surface area is 149 Å². The Hall–Kier alpha value is -2.92. The van der Waals surface area contributed by atoms with E-state index in [1.807, 2.05) is 6.07 Å². The number of phenols is 1. The van der Waals surface area contributed by atoms with Gasteiger partial charge in [-0.05, 0) is 29.8 Å². The molecule has 0 radical (unpaired) electrons. The Bertz CT molecular complexity index is 971. The summed E-state index contributed by atoms with van der Waals surface area (Å²) in [7, 11) is 2.81. The van der Waals surface area contributed by atoms with Crippen molar-refractivity contribution in [2.24, 2.45) is 0 Å². The number of allylic oxidation sites excluding steroid dienone is 1. The van der Waals surface area contributed by atoms with E-state index in [2.05, 4.69) is 0 Å². The molecule has 0 fully saturated rings. The van der Waals surface area contributed by atoms with E-state index in [0.717, 1.165) is 0 Å². The second-order valence-corrected chi connectivity index (χ2v) is 5.58. The zero-order chi connectivity index (χ0) is 18.0. The Morgan fingerprint density at radius 1 is 1.16 bits per heavy atom. The van der Waals surface area contributed by atoms with E-state index in [1.54, 1.807) is 30.3 Å². The number of benzene rings is 2. The fraction of sp³-hybridized carbons (Fsp3) is 0.105. The lowest BCUT2D eigenvalue weighted by molar-refractivity contribution is 0.104. The first-order valence-electron chi connectivity index (χ1n) is 7.39. The van der Waals surface area contributed by atoms with Crippen molar-refractivity contribution < 1.29 is 23.8 Å². The van der Waals surface area contributed by atoms with Crippen LogP contribution in [-0.4, -0.2) is 25.1 Å². The van der Waals surface area contributed by atoms with E-state index < -0.39 is 5.78 Å². The van der Waals surface area contributed by atoms with Crippen molar-refractivity contribution in [1.29, 1.82) is 0 Å². The van der Waals surface area contributed by atoms with Crippen molar-refractivity contribution in [1.82, 2.24) is 0 Å². The molecule has 0 aliphatic rings. The van der Waals surface area contributed by atoms with Crippen LogP contribution in [0.2, 0.25) is 5.02 Å². The molecule has 0 atom stereocenters. The first-order chi connectivity index (χ1) is 12.1. The van der Waals surface area contributed by atoms with Gasteiger partial charge in [0.05, 0.1) is 25.9 Å². The van der Waals surface area contributed by atoms with Crippen LogP contribution in [0.4, 0.5) is 0 Å². The molecule has 0 saturated carbocycles. The summed E-state index contributed by atoms with van der Waals surface area (Å²) in [5, 5.41) is 11.5. The summed E-state index contributed by atoms with van der Waals surface area (Å²) in [6.07, 6.45) is 4.34. The first kappa shape index (κ1) is 16.9. The number of fused-ring (bicyclic) bond motifs is 1. The third-order valence-corrected chi connectivity index (χ3v) is 4.11. The average Bonchev–Trinajstić information content (AvgIpc) is 3.09. The standard InChI is InChI=1S/C19H15ClO5/c1-23-17-12-9-10-25-18(12)19(24-2)16(22)15(17)14(21)8-7-11-5-3-4-6-13(11)20/h3-10,22H,1-2H3. The van der Waals surface area contributed by atoms with Gasteiger partial charge >= 0.3 is 0 Å². The fourth-order valence-electron chi connectivity index (χ4n) is 2.62. The first-order valence-corrected chi connectivity index (χ1v) is 7.77. The largest absolute Gasteiger partial charge is 0.504 e. The zero-order valence-electron chi connectivity index (χ0n) is 13.6. The van der Waals surface area contributed by atoms with Crippen LogP contribution in [0.1, 0.15) is 15.9 Å². The molecule has 3 rings (SSSR count). The number of aromatic hydroxyl groups is 1. The van der Waals surface area contributed by atoms with E-state index in [-0.39, 0.29) is 22.8 Å². The SMILES string of the molecule is COc1c(C(=O)C=Cc2ccccc2Cl)c(O)c(OC)c2occc12. The number of methoxy groups -OCH3 is 2. The van der Waals surface area contributed by atoms with Gasteiger partial charge in [0.25, 0.3) is 0 Å². The molecule has 2 aromatic carbocycles. The number of ether oxygens (including phenoxy) is 2. The minimum absolute atomic E-state index is 0.00319. The smallest absolute Gasteiger partial charge is 0.205 e. The van der Waals surface area contributed by atoms with Gasteiger partial charge < -0.3 is 19.0 Å². The topological polar surface area (TPSA) is 68.9 Å². The number of carbonyl (C=O) groups excluding carboxylic acids is 1. The molecule has 0 amide bonds. The number of phenolic OH excluding ortho intramolecular Hbond substituents is 1. The van der Waals surface area contributed by atoms with Gasteiger partial charge in [0.15, 0.2) is 17.1 Å². The third kappa shape index (κ3) is 2.94. The van der Waals surface area contributed by atoms with Crippen LogP contribution in [0, 0.1) is 0 Å². The predicted octanol–water partition coefficient (Wildman–Crippen LogP) is 4.71. The highest BCUT2D eigenvalue weighted by Gasteiger charge is 2.26. The quantitative estimate of drug-likeness (QED) is 0.528. The maximum absolute atomic E-state index is 12.7. The maximum Gasteiger partial charge on any atom is 0.205 e. The molecule has 1 heterocycles. The van der Waals surface area contributed by atoms with Gasteiger partial charge in [-0.15, -0.1) is 0 Å². The Kier molecular flexibility index (Phi) is 4.67. The van der Waals surface area contributed by atoms with Gasteiger partial charge in [0.2, 0.25) is 5.75 Å². The molecule has 0 spiro atoms. The highest BCUT2D eigenvalue weighted by Crippen LogP contribution is 2.45. The summed E-state index contributed by atoms with van der Waals surface area (Å²) in [4.78, 5) is 12.7. The van der Waals surface area contributed by atoms with Crippen LogP contribution < -0.4 is 9.47 Å². The molecule has 0 aliphatic heterocycles. The molecule has 1 N–H and O–H groups in total. The number of halogens is 1. The minimum atomic E-state index is -0.448. The molecular weight excluding hydrogens is 344 g/mol. The summed E-state index contributed by atoms with van der Waals surface area (Å²) in [6.45, 7) is 0. The van der Waals surface area contributed by atoms with Gasteiger partial charge in [-0.3, -0.25) is 4.79 Å². The number of ketones is 1. The molecule has 6 heteroatoms. The lowest BCUT2D eigenvalue weighted by atomic mass is 10.0. The number of hydrogen-bond acceptors (Lipinski definition) is 5. The average molecular weight is 359 g/mol. The molecular formula is C19H15ClO5. The van der Waals surface area contributed by atoms with E-state index in [4.69, 9.17) is 25.5 Å². The minimum Gasteiger partial charge on any atom is -0.504 e. The van der Waals surface area contributed by atoms with Crippen LogP contribution in [-0.2, 0) is 0 Å². The summed E-state index contributed by atoms with van der Waals surface area (Å²) in [5.74, 6) is -0.488. The monoisotopic (exact) mass is 358 g/mol. The van der Waals surface area contributed by atoms with Crippen molar-refractivity contribution >= 4 is 34.4 Å². The lowest BCUT2D eigenvalue weighted by Crippen LogP contribution is -2.02. The van der Waals surface area contributed by atoms with Crippen molar-refractivity contribution in [3.8, 4) is 17.2 Å². The molecule has 3 aromatic rings. The summed E-state index contributed by atoms with van der Waals surface area (Å²) in [5.41, 5.74) is 0.993. The maximum atomic E-state index is 12.7. The number of rotatable bonds is 5. The summed E-state index contributed by atoms with van der Waals surface area (Å²) in [6, 6.07) is 8.76. The second kappa shape index (κ2) is 6.91. The Morgan fingerprint density at radius 2 is 1.88 bits per heavy atom. The zero-order valence-corrected chi connectivity index (χ0v) is 14.3.